The van der Waals surface area contributed by atoms with Crippen LogP contribution in [0, 0.1) is 6.92 Å². The highest BCUT2D eigenvalue weighted by molar-refractivity contribution is 6.33. The average Bonchev–Trinajstić information content (AvgIpc) is 3.02. The Balaban J connectivity index is 1.68. The fraction of sp³-hybridized carbons (Fsp3) is 0.118. The highest BCUT2D eigenvalue weighted by Crippen LogP contribution is 2.20. The first kappa shape index (κ1) is 15.2. The summed E-state index contributed by atoms with van der Waals surface area (Å²) in [6.07, 6.45) is 0. The van der Waals surface area contributed by atoms with Gasteiger partial charge < -0.3 is 9.15 Å². The van der Waals surface area contributed by atoms with Gasteiger partial charge in [0.25, 0.3) is 5.89 Å². The van der Waals surface area contributed by atoms with E-state index in [1.807, 2.05) is 31.2 Å². The Kier molecular flexibility index (Phi) is 4.39. The molecule has 1 aromatic heterocycles. The van der Waals surface area contributed by atoms with Crippen LogP contribution in [-0.2, 0) is 11.3 Å². The van der Waals surface area contributed by atoms with E-state index < -0.39 is 5.97 Å². The Morgan fingerprint density at radius 1 is 1.17 bits per heavy atom. The summed E-state index contributed by atoms with van der Waals surface area (Å²) in [6.45, 7) is 1.87. The van der Waals surface area contributed by atoms with E-state index in [4.69, 9.17) is 20.8 Å². The molecule has 3 rings (SSSR count). The summed E-state index contributed by atoms with van der Waals surface area (Å²) < 4.78 is 10.7. The zero-order valence-electron chi connectivity index (χ0n) is 12.3. The summed E-state index contributed by atoms with van der Waals surface area (Å²) >= 11 is 5.95. The zero-order chi connectivity index (χ0) is 16.2. The highest BCUT2D eigenvalue weighted by Gasteiger charge is 2.14. The number of ether oxygens (including phenoxy) is 1. The number of carbonyl (C=O) groups is 1. The van der Waals surface area contributed by atoms with Crippen molar-refractivity contribution in [1.82, 2.24) is 10.2 Å². The van der Waals surface area contributed by atoms with Gasteiger partial charge in [-0.15, -0.1) is 10.2 Å². The van der Waals surface area contributed by atoms with Crippen LogP contribution in [0.3, 0.4) is 0 Å². The van der Waals surface area contributed by atoms with Crippen molar-refractivity contribution >= 4 is 17.6 Å². The summed E-state index contributed by atoms with van der Waals surface area (Å²) in [7, 11) is 0. The van der Waals surface area contributed by atoms with Crippen LogP contribution < -0.4 is 0 Å². The lowest BCUT2D eigenvalue weighted by molar-refractivity contribution is 0.0439. The number of hydrogen-bond donors (Lipinski definition) is 0. The van der Waals surface area contributed by atoms with Crippen molar-refractivity contribution in [2.24, 2.45) is 0 Å². The smallest absolute Gasteiger partial charge is 0.340 e. The van der Waals surface area contributed by atoms with Gasteiger partial charge in [0.2, 0.25) is 5.89 Å². The molecule has 1 heterocycles. The first-order chi connectivity index (χ1) is 11.1. The minimum absolute atomic E-state index is 0.108. The van der Waals surface area contributed by atoms with Crippen LogP contribution in [0.25, 0.3) is 11.5 Å². The van der Waals surface area contributed by atoms with Gasteiger partial charge in [-0.05, 0) is 31.2 Å². The Morgan fingerprint density at radius 2 is 2.00 bits per heavy atom. The molecule has 0 saturated heterocycles. The average molecular weight is 329 g/mol. The number of benzene rings is 2. The van der Waals surface area contributed by atoms with Gasteiger partial charge in [-0.1, -0.05) is 41.4 Å². The van der Waals surface area contributed by atoms with E-state index >= 15 is 0 Å². The molecule has 0 aliphatic heterocycles. The lowest BCUT2D eigenvalue weighted by Crippen LogP contribution is -2.06. The zero-order valence-corrected chi connectivity index (χ0v) is 13.1. The van der Waals surface area contributed by atoms with Crippen LogP contribution >= 0.6 is 11.6 Å². The Bertz CT molecular complexity index is 845. The van der Waals surface area contributed by atoms with Crippen LogP contribution in [-0.4, -0.2) is 16.2 Å². The minimum atomic E-state index is -0.536. The maximum atomic E-state index is 12.0. The van der Waals surface area contributed by atoms with Gasteiger partial charge in [0, 0.05) is 5.56 Å². The van der Waals surface area contributed by atoms with E-state index in [-0.39, 0.29) is 12.5 Å². The third kappa shape index (κ3) is 3.57. The molecule has 0 atom stereocenters. The molecule has 2 aromatic carbocycles. The van der Waals surface area contributed by atoms with Gasteiger partial charge in [-0.2, -0.15) is 0 Å². The number of rotatable bonds is 4. The molecule has 0 unspecified atom stereocenters. The molecule has 0 radical (unpaired) electrons. The summed E-state index contributed by atoms with van der Waals surface area (Å²) in [5.41, 5.74) is 2.21. The van der Waals surface area contributed by atoms with E-state index in [2.05, 4.69) is 10.2 Å². The van der Waals surface area contributed by atoms with Crippen molar-refractivity contribution in [3.05, 3.63) is 70.6 Å². The molecule has 0 N–H and O–H groups in total. The van der Waals surface area contributed by atoms with Gasteiger partial charge in [-0.3, -0.25) is 0 Å². The van der Waals surface area contributed by atoms with E-state index in [0.717, 1.165) is 11.1 Å². The summed E-state index contributed by atoms with van der Waals surface area (Å²) in [5, 5.41) is 8.18. The summed E-state index contributed by atoms with van der Waals surface area (Å²) in [6, 6.07) is 14.4. The molecule has 0 bridgehead atoms. The molecular weight excluding hydrogens is 316 g/mol. The van der Waals surface area contributed by atoms with E-state index in [1.165, 1.54) is 0 Å². The number of hydrogen-bond acceptors (Lipinski definition) is 5. The Labute approximate surface area is 137 Å². The topological polar surface area (TPSA) is 65.2 Å². The molecule has 5 nitrogen and oxygen atoms in total. The molecule has 0 fully saturated rings. The largest absolute Gasteiger partial charge is 0.452 e. The number of nitrogens with zero attached hydrogens (tertiary/aromatic N) is 2. The van der Waals surface area contributed by atoms with Crippen LogP contribution in [0.1, 0.15) is 21.8 Å². The molecule has 6 heteroatoms. The molecule has 0 aliphatic carbocycles. The SMILES string of the molecule is Cc1cccc(-c2nnc(COC(=O)c3ccccc3Cl)o2)c1. The van der Waals surface area contributed by atoms with Crippen molar-refractivity contribution in [1.29, 1.82) is 0 Å². The first-order valence-corrected chi connectivity index (χ1v) is 7.32. The number of halogens is 1. The van der Waals surface area contributed by atoms with Gasteiger partial charge >= 0.3 is 5.97 Å². The first-order valence-electron chi connectivity index (χ1n) is 6.94. The summed E-state index contributed by atoms with van der Waals surface area (Å²) in [4.78, 5) is 12.0. The molecular formula is C17H13ClN2O3. The number of esters is 1. The van der Waals surface area contributed by atoms with Crippen molar-refractivity contribution < 1.29 is 13.9 Å². The van der Waals surface area contributed by atoms with Crippen molar-refractivity contribution in [2.75, 3.05) is 0 Å². The fourth-order valence-electron chi connectivity index (χ4n) is 2.04. The number of aryl methyl sites for hydroxylation is 1. The molecule has 0 saturated carbocycles. The van der Waals surface area contributed by atoms with Crippen molar-refractivity contribution in [3.63, 3.8) is 0 Å². The molecule has 0 aliphatic rings. The maximum absolute atomic E-state index is 12.0. The molecule has 23 heavy (non-hydrogen) atoms. The van der Waals surface area contributed by atoms with Crippen molar-refractivity contribution in [3.8, 4) is 11.5 Å². The lowest BCUT2D eigenvalue weighted by atomic mass is 10.1. The third-order valence-electron chi connectivity index (χ3n) is 3.15. The van der Waals surface area contributed by atoms with Gasteiger partial charge in [0.15, 0.2) is 6.61 Å². The predicted octanol–water partition coefficient (Wildman–Crippen LogP) is 4.06. The van der Waals surface area contributed by atoms with Crippen LogP contribution in [0.5, 0.6) is 0 Å². The fourth-order valence-corrected chi connectivity index (χ4v) is 2.25. The van der Waals surface area contributed by atoms with E-state index in [9.17, 15) is 4.79 Å². The standard InChI is InChI=1S/C17H13ClN2O3/c1-11-5-4-6-12(9-11)16-20-19-15(23-16)10-22-17(21)13-7-2-3-8-14(13)18/h2-9H,10H2,1H3. The quantitative estimate of drug-likeness (QED) is 0.676. The van der Waals surface area contributed by atoms with Crippen LogP contribution in [0.2, 0.25) is 5.02 Å². The highest BCUT2D eigenvalue weighted by atomic mass is 35.5. The van der Waals surface area contributed by atoms with Crippen molar-refractivity contribution in [2.45, 2.75) is 13.5 Å². The lowest BCUT2D eigenvalue weighted by Gasteiger charge is -2.03. The molecule has 3 aromatic rings. The molecule has 0 amide bonds. The monoisotopic (exact) mass is 328 g/mol. The minimum Gasteiger partial charge on any atom is -0.452 e. The number of carbonyl (C=O) groups excluding carboxylic acids is 1. The predicted molar refractivity (Wildman–Crippen MR) is 85.0 cm³/mol. The Hall–Kier alpha value is -2.66. The van der Waals surface area contributed by atoms with Gasteiger partial charge in [0.05, 0.1) is 10.6 Å². The van der Waals surface area contributed by atoms with Crippen LogP contribution in [0.4, 0.5) is 0 Å². The molecule has 116 valence electrons. The normalized spacial score (nSPS) is 10.5. The third-order valence-corrected chi connectivity index (χ3v) is 3.48. The second-order valence-electron chi connectivity index (χ2n) is 4.93. The molecule has 0 spiro atoms. The number of aromatic nitrogens is 2. The second-order valence-corrected chi connectivity index (χ2v) is 5.33. The van der Waals surface area contributed by atoms with E-state index in [1.54, 1.807) is 24.3 Å². The summed E-state index contributed by atoms with van der Waals surface area (Å²) in [5.74, 6) is 0.0744. The van der Waals surface area contributed by atoms with Crippen LogP contribution in [0.15, 0.2) is 52.9 Å². The maximum Gasteiger partial charge on any atom is 0.340 e. The van der Waals surface area contributed by atoms with Gasteiger partial charge in [0.1, 0.15) is 0 Å². The second kappa shape index (κ2) is 6.62. The van der Waals surface area contributed by atoms with E-state index in [0.29, 0.717) is 16.5 Å². The Morgan fingerprint density at radius 3 is 2.78 bits per heavy atom. The van der Waals surface area contributed by atoms with Gasteiger partial charge in [-0.25, -0.2) is 4.79 Å².